The first kappa shape index (κ1) is 22.5. The van der Waals surface area contributed by atoms with Gasteiger partial charge in [0.2, 0.25) is 0 Å². The highest BCUT2D eigenvalue weighted by Gasteiger charge is 2.42. The number of nitro groups is 1. The predicted molar refractivity (Wildman–Crippen MR) is 104 cm³/mol. The molecule has 1 unspecified atom stereocenters. The number of phenolic OH excluding ortho intramolecular Hbond substituents is 1. The quantitative estimate of drug-likeness (QED) is 0.296. The summed E-state index contributed by atoms with van der Waals surface area (Å²) >= 11 is 0. The van der Waals surface area contributed by atoms with Gasteiger partial charge in [-0.2, -0.15) is 0 Å². The minimum absolute atomic E-state index is 0.0907. The van der Waals surface area contributed by atoms with Crippen LogP contribution in [0.25, 0.3) is 0 Å². The average molecular weight is 419 g/mol. The van der Waals surface area contributed by atoms with Gasteiger partial charge in [-0.15, -0.1) is 0 Å². The molecule has 0 radical (unpaired) electrons. The van der Waals surface area contributed by atoms with E-state index in [9.17, 15) is 24.8 Å². The number of nitrogens with zero attached hydrogens (tertiary/aromatic N) is 1. The number of hydrogen-bond acceptors (Lipinski definition) is 9. The van der Waals surface area contributed by atoms with E-state index in [1.165, 1.54) is 50.6 Å². The van der Waals surface area contributed by atoms with Crippen LogP contribution in [0.4, 0.5) is 5.69 Å². The van der Waals surface area contributed by atoms with Gasteiger partial charge in [0.05, 0.1) is 33.4 Å². The number of ether oxygens (including phenoxy) is 4. The van der Waals surface area contributed by atoms with Crippen molar-refractivity contribution in [2.45, 2.75) is 5.92 Å². The lowest BCUT2D eigenvalue weighted by Gasteiger charge is -2.26. The molecule has 2 rings (SSSR count). The fourth-order valence-electron chi connectivity index (χ4n) is 3.14. The first-order valence-electron chi connectivity index (χ1n) is 8.63. The maximum atomic E-state index is 12.5. The molecule has 10 heteroatoms. The third-order valence-electron chi connectivity index (χ3n) is 4.57. The van der Waals surface area contributed by atoms with Crippen LogP contribution in [0.3, 0.4) is 0 Å². The van der Waals surface area contributed by atoms with Crippen LogP contribution in [0.5, 0.6) is 17.2 Å². The monoisotopic (exact) mass is 419 g/mol. The smallest absolute Gasteiger partial charge is 0.321 e. The number of benzene rings is 2. The molecular formula is C20H21NO9. The van der Waals surface area contributed by atoms with Crippen LogP contribution >= 0.6 is 0 Å². The molecule has 0 fully saturated rings. The molecule has 2 aromatic carbocycles. The molecule has 0 heterocycles. The first-order chi connectivity index (χ1) is 14.3. The molecule has 0 saturated heterocycles. The van der Waals surface area contributed by atoms with Crippen molar-refractivity contribution < 1.29 is 38.6 Å². The molecule has 0 aliphatic rings. The minimum atomic E-state index is -1.52. The molecule has 0 aliphatic heterocycles. The van der Waals surface area contributed by atoms with Gasteiger partial charge in [-0.3, -0.25) is 19.7 Å². The van der Waals surface area contributed by atoms with Crippen molar-refractivity contribution in [3.05, 3.63) is 57.6 Å². The van der Waals surface area contributed by atoms with Crippen LogP contribution < -0.4 is 9.47 Å². The van der Waals surface area contributed by atoms with Crippen molar-refractivity contribution in [3.63, 3.8) is 0 Å². The highest BCUT2D eigenvalue weighted by Crippen LogP contribution is 2.45. The van der Waals surface area contributed by atoms with E-state index in [4.69, 9.17) is 18.9 Å². The van der Waals surface area contributed by atoms with Crippen LogP contribution in [-0.4, -0.2) is 50.4 Å². The van der Waals surface area contributed by atoms with Crippen molar-refractivity contribution in [1.29, 1.82) is 0 Å². The normalized spacial score (nSPS) is 11.5. The SMILES string of the molecule is COC(=O)C(C(=O)OC)C(c1ccc([N+](=O)[O-])cc1)c1c(O)cc(OC)cc1OC. The Hall–Kier alpha value is -3.82. The molecule has 2 aromatic rings. The van der Waals surface area contributed by atoms with Crippen LogP contribution in [-0.2, 0) is 19.1 Å². The second kappa shape index (κ2) is 9.59. The highest BCUT2D eigenvalue weighted by molar-refractivity contribution is 5.97. The van der Waals surface area contributed by atoms with Crippen molar-refractivity contribution in [2.24, 2.45) is 5.92 Å². The molecule has 1 atom stereocenters. The molecule has 30 heavy (non-hydrogen) atoms. The maximum absolute atomic E-state index is 12.5. The Bertz CT molecular complexity index is 924. The van der Waals surface area contributed by atoms with Gasteiger partial charge in [-0.25, -0.2) is 0 Å². The molecule has 0 saturated carbocycles. The molecule has 0 aliphatic carbocycles. The molecule has 0 aromatic heterocycles. The van der Waals surface area contributed by atoms with Crippen LogP contribution in [0, 0.1) is 16.0 Å². The summed E-state index contributed by atoms with van der Waals surface area (Å²) < 4.78 is 20.0. The molecule has 10 nitrogen and oxygen atoms in total. The second-order valence-corrected chi connectivity index (χ2v) is 6.11. The summed E-state index contributed by atoms with van der Waals surface area (Å²) in [5.74, 6) is -4.38. The zero-order chi connectivity index (χ0) is 22.4. The van der Waals surface area contributed by atoms with Crippen LogP contribution in [0.15, 0.2) is 36.4 Å². The molecule has 0 spiro atoms. The summed E-state index contributed by atoms with van der Waals surface area (Å²) in [6.07, 6.45) is 0. The first-order valence-corrected chi connectivity index (χ1v) is 8.63. The lowest BCUT2D eigenvalue weighted by molar-refractivity contribution is -0.384. The standard InChI is InChI=1S/C20H21NO9/c1-27-13-9-14(22)17(15(10-13)28-2)16(18(19(23)29-3)20(24)30-4)11-5-7-12(8-6-11)21(25)26/h5-10,16,18,22H,1-4H3. The number of nitro benzene ring substituents is 1. The van der Waals surface area contributed by atoms with E-state index >= 15 is 0 Å². The van der Waals surface area contributed by atoms with Gasteiger partial charge in [-0.05, 0) is 5.56 Å². The Balaban J connectivity index is 2.81. The Labute approximate surface area is 172 Å². The Kier molecular flexibility index (Phi) is 7.18. The molecule has 0 bridgehead atoms. The zero-order valence-electron chi connectivity index (χ0n) is 16.8. The summed E-state index contributed by atoms with van der Waals surface area (Å²) in [5, 5.41) is 21.7. The summed E-state index contributed by atoms with van der Waals surface area (Å²) in [6.45, 7) is 0. The van der Waals surface area contributed by atoms with E-state index in [0.29, 0.717) is 5.56 Å². The average Bonchev–Trinajstić information content (AvgIpc) is 2.76. The van der Waals surface area contributed by atoms with Gasteiger partial charge < -0.3 is 24.1 Å². The summed E-state index contributed by atoms with van der Waals surface area (Å²) in [6, 6.07) is 7.97. The van der Waals surface area contributed by atoms with E-state index in [1.54, 1.807) is 0 Å². The number of non-ortho nitro benzene ring substituents is 1. The van der Waals surface area contributed by atoms with Crippen molar-refractivity contribution in [2.75, 3.05) is 28.4 Å². The summed E-state index contributed by atoms with van der Waals surface area (Å²) in [7, 11) is 4.95. The molecular weight excluding hydrogens is 398 g/mol. The topological polar surface area (TPSA) is 134 Å². The number of hydrogen-bond donors (Lipinski definition) is 1. The van der Waals surface area contributed by atoms with E-state index < -0.39 is 28.7 Å². The Morgan fingerprint density at radius 2 is 1.53 bits per heavy atom. The summed E-state index contributed by atoms with van der Waals surface area (Å²) in [4.78, 5) is 35.5. The number of methoxy groups -OCH3 is 4. The van der Waals surface area contributed by atoms with Gasteiger partial charge in [0.1, 0.15) is 17.2 Å². The predicted octanol–water partition coefficient (Wildman–Crippen LogP) is 2.41. The van der Waals surface area contributed by atoms with Gasteiger partial charge in [0.25, 0.3) is 5.69 Å². The molecule has 160 valence electrons. The lowest BCUT2D eigenvalue weighted by Crippen LogP contribution is -2.33. The zero-order valence-corrected chi connectivity index (χ0v) is 16.8. The highest BCUT2D eigenvalue weighted by atomic mass is 16.6. The third kappa shape index (κ3) is 4.43. The van der Waals surface area contributed by atoms with Gasteiger partial charge in [-0.1, -0.05) is 12.1 Å². The third-order valence-corrected chi connectivity index (χ3v) is 4.57. The van der Waals surface area contributed by atoms with Crippen LogP contribution in [0.1, 0.15) is 17.0 Å². The fourth-order valence-corrected chi connectivity index (χ4v) is 3.14. The van der Waals surface area contributed by atoms with E-state index in [2.05, 4.69) is 0 Å². The van der Waals surface area contributed by atoms with Crippen LogP contribution in [0.2, 0.25) is 0 Å². The molecule has 0 amide bonds. The Morgan fingerprint density at radius 3 is 1.97 bits per heavy atom. The van der Waals surface area contributed by atoms with E-state index in [1.807, 2.05) is 0 Å². The number of rotatable bonds is 8. The summed E-state index contributed by atoms with van der Waals surface area (Å²) in [5.41, 5.74) is 0.226. The van der Waals surface area contributed by atoms with Crippen molar-refractivity contribution >= 4 is 17.6 Å². The van der Waals surface area contributed by atoms with Gasteiger partial charge in [0.15, 0.2) is 5.92 Å². The minimum Gasteiger partial charge on any atom is -0.507 e. The van der Waals surface area contributed by atoms with Crippen molar-refractivity contribution in [1.82, 2.24) is 0 Å². The maximum Gasteiger partial charge on any atom is 0.321 e. The lowest BCUT2D eigenvalue weighted by atomic mass is 9.79. The number of phenols is 1. The van der Waals surface area contributed by atoms with E-state index in [-0.39, 0.29) is 28.5 Å². The number of carbonyl (C=O) groups excluding carboxylic acids is 2. The van der Waals surface area contributed by atoms with Gasteiger partial charge >= 0.3 is 11.9 Å². The number of esters is 2. The van der Waals surface area contributed by atoms with E-state index in [0.717, 1.165) is 14.2 Å². The number of carbonyl (C=O) groups is 2. The largest absolute Gasteiger partial charge is 0.507 e. The second-order valence-electron chi connectivity index (χ2n) is 6.11. The van der Waals surface area contributed by atoms with Crippen molar-refractivity contribution in [3.8, 4) is 17.2 Å². The fraction of sp³-hybridized carbons (Fsp3) is 0.300. The Morgan fingerprint density at radius 1 is 0.967 bits per heavy atom. The van der Waals surface area contributed by atoms with Gasteiger partial charge in [0, 0.05) is 35.7 Å². The molecule has 1 N–H and O–H groups in total. The number of aromatic hydroxyl groups is 1.